The Bertz CT molecular complexity index is 242. The highest BCUT2D eigenvalue weighted by Crippen LogP contribution is 1.95. The van der Waals surface area contributed by atoms with Crippen molar-refractivity contribution in [3.8, 4) is 12.3 Å². The molecular weight excluding hydrogens is 124 g/mol. The van der Waals surface area contributed by atoms with Crippen molar-refractivity contribution in [3.05, 3.63) is 18.0 Å². The summed E-state index contributed by atoms with van der Waals surface area (Å²) in [5, 5.41) is 3.93. The second kappa shape index (κ2) is 3.07. The second-order valence-corrected chi connectivity index (χ2v) is 2.02. The Morgan fingerprint density at radius 1 is 1.90 bits per heavy atom. The van der Waals surface area contributed by atoms with Crippen molar-refractivity contribution in [1.29, 1.82) is 0 Å². The fraction of sp³-hybridized carbons (Fsp3) is 0.375. The molecule has 1 heterocycles. The van der Waals surface area contributed by atoms with Gasteiger partial charge in [0.1, 0.15) is 12.7 Å². The normalized spacial score (nSPS) is 9.20. The van der Waals surface area contributed by atoms with Crippen molar-refractivity contribution < 1.29 is 0 Å². The first-order chi connectivity index (χ1) is 4.86. The Morgan fingerprint density at radius 3 is 3.20 bits per heavy atom. The van der Waals surface area contributed by atoms with Crippen LogP contribution in [0, 0.1) is 18.5 Å². The molecule has 0 aliphatic carbocycles. The Hall–Kier alpha value is -1.23. The lowest BCUT2D eigenvalue weighted by Gasteiger charge is -1.88. The lowest BCUT2D eigenvalue weighted by atomic mass is 10.3. The third-order valence-electron chi connectivity index (χ3n) is 1.26. The van der Waals surface area contributed by atoms with Crippen LogP contribution in [0.4, 0.5) is 0 Å². The molecule has 0 saturated heterocycles. The van der Waals surface area contributed by atoms with E-state index < -0.39 is 0 Å². The molecule has 0 fully saturated rings. The quantitative estimate of drug-likeness (QED) is 0.547. The van der Waals surface area contributed by atoms with Crippen molar-refractivity contribution in [2.24, 2.45) is 0 Å². The van der Waals surface area contributed by atoms with Gasteiger partial charge in [-0.3, -0.25) is 4.68 Å². The van der Waals surface area contributed by atoms with Crippen LogP contribution >= 0.6 is 0 Å². The minimum absolute atomic E-state index is 0.538. The molecule has 0 saturated carbocycles. The summed E-state index contributed by atoms with van der Waals surface area (Å²) in [5.74, 6) is 2.50. The summed E-state index contributed by atoms with van der Waals surface area (Å²) in [6, 6.07) is 0. The zero-order valence-electron chi connectivity index (χ0n) is 5.96. The molecule has 0 atom stereocenters. The first-order valence-corrected chi connectivity index (χ1v) is 3.24. The summed E-state index contributed by atoms with van der Waals surface area (Å²) in [6.45, 7) is 2.60. The smallest absolute Gasteiger partial charge is 0.116 e. The number of rotatable bonds is 2. The highest BCUT2D eigenvalue weighted by Gasteiger charge is 1.93. The van der Waals surface area contributed by atoms with Crippen LogP contribution in [0.5, 0.6) is 0 Å². The molecular formula is C8H9N2. The first kappa shape index (κ1) is 6.88. The fourth-order valence-electron chi connectivity index (χ4n) is 0.711. The molecule has 0 bridgehead atoms. The SMILES string of the molecule is C#CCn1cc(CC)[c]n1. The van der Waals surface area contributed by atoms with Crippen LogP contribution in [0.25, 0.3) is 0 Å². The third-order valence-corrected chi connectivity index (χ3v) is 1.26. The highest BCUT2D eigenvalue weighted by molar-refractivity contribution is 5.02. The van der Waals surface area contributed by atoms with Gasteiger partial charge in [-0.25, -0.2) is 0 Å². The van der Waals surface area contributed by atoms with Gasteiger partial charge in [0.25, 0.3) is 0 Å². The summed E-state index contributed by atoms with van der Waals surface area (Å²) in [4.78, 5) is 0. The summed E-state index contributed by atoms with van der Waals surface area (Å²) < 4.78 is 1.71. The summed E-state index contributed by atoms with van der Waals surface area (Å²) in [5.41, 5.74) is 1.11. The summed E-state index contributed by atoms with van der Waals surface area (Å²) in [6.07, 6.45) is 10.8. The van der Waals surface area contributed by atoms with Gasteiger partial charge in [0, 0.05) is 6.20 Å². The van der Waals surface area contributed by atoms with E-state index in [4.69, 9.17) is 6.42 Å². The number of terminal acetylenes is 1. The number of aryl methyl sites for hydroxylation is 1. The standard InChI is InChI=1S/C8H9N2/c1-3-5-10-7-8(4-2)6-9-10/h1,7H,4-5H2,2H3. The van der Waals surface area contributed by atoms with Crippen molar-refractivity contribution in [3.63, 3.8) is 0 Å². The van der Waals surface area contributed by atoms with E-state index in [9.17, 15) is 0 Å². The van der Waals surface area contributed by atoms with E-state index in [0.717, 1.165) is 12.0 Å². The van der Waals surface area contributed by atoms with Crippen LogP contribution in [-0.4, -0.2) is 9.78 Å². The van der Waals surface area contributed by atoms with Gasteiger partial charge in [-0.2, -0.15) is 5.10 Å². The zero-order chi connectivity index (χ0) is 7.40. The monoisotopic (exact) mass is 133 g/mol. The van der Waals surface area contributed by atoms with E-state index >= 15 is 0 Å². The zero-order valence-corrected chi connectivity index (χ0v) is 5.96. The van der Waals surface area contributed by atoms with Crippen LogP contribution in [0.15, 0.2) is 6.20 Å². The second-order valence-electron chi connectivity index (χ2n) is 2.02. The summed E-state index contributed by atoms with van der Waals surface area (Å²) >= 11 is 0. The molecule has 2 heteroatoms. The first-order valence-electron chi connectivity index (χ1n) is 3.24. The minimum atomic E-state index is 0.538. The van der Waals surface area contributed by atoms with Gasteiger partial charge in [0.05, 0.1) is 0 Å². The maximum atomic E-state index is 5.09. The molecule has 10 heavy (non-hydrogen) atoms. The number of nitrogens with zero attached hydrogens (tertiary/aromatic N) is 2. The molecule has 0 aliphatic heterocycles. The number of hydrogen-bond acceptors (Lipinski definition) is 1. The van der Waals surface area contributed by atoms with E-state index in [1.165, 1.54) is 0 Å². The largest absolute Gasteiger partial charge is 0.260 e. The van der Waals surface area contributed by atoms with Gasteiger partial charge in [-0.15, -0.1) is 6.42 Å². The molecule has 2 nitrogen and oxygen atoms in total. The molecule has 1 aromatic heterocycles. The minimum Gasteiger partial charge on any atom is -0.260 e. The van der Waals surface area contributed by atoms with E-state index in [1.54, 1.807) is 4.68 Å². The molecule has 0 unspecified atom stereocenters. The average molecular weight is 133 g/mol. The molecule has 0 amide bonds. The number of aromatic nitrogens is 2. The van der Waals surface area contributed by atoms with Gasteiger partial charge in [0.2, 0.25) is 0 Å². The van der Waals surface area contributed by atoms with Crippen LogP contribution in [0.2, 0.25) is 0 Å². The predicted octanol–water partition coefficient (Wildman–Crippen LogP) is 0.879. The Labute approximate surface area is 60.9 Å². The van der Waals surface area contributed by atoms with Gasteiger partial charge in [-0.1, -0.05) is 12.8 Å². The lowest BCUT2D eigenvalue weighted by molar-refractivity contribution is 0.713. The Kier molecular flexibility index (Phi) is 2.11. The summed E-state index contributed by atoms with van der Waals surface area (Å²) in [7, 11) is 0. The maximum absolute atomic E-state index is 5.09. The van der Waals surface area contributed by atoms with Crippen LogP contribution in [0.3, 0.4) is 0 Å². The van der Waals surface area contributed by atoms with E-state index in [2.05, 4.69) is 24.1 Å². The molecule has 0 aliphatic rings. The van der Waals surface area contributed by atoms with E-state index in [-0.39, 0.29) is 0 Å². The fourth-order valence-corrected chi connectivity index (χ4v) is 0.711. The molecule has 51 valence electrons. The molecule has 1 radical (unpaired) electrons. The van der Waals surface area contributed by atoms with E-state index in [1.807, 2.05) is 6.20 Å². The van der Waals surface area contributed by atoms with Crippen molar-refractivity contribution >= 4 is 0 Å². The Morgan fingerprint density at radius 2 is 2.70 bits per heavy atom. The van der Waals surface area contributed by atoms with Crippen LogP contribution < -0.4 is 0 Å². The Balaban J connectivity index is 2.70. The van der Waals surface area contributed by atoms with Crippen LogP contribution in [-0.2, 0) is 13.0 Å². The van der Waals surface area contributed by atoms with Gasteiger partial charge >= 0.3 is 0 Å². The topological polar surface area (TPSA) is 17.8 Å². The van der Waals surface area contributed by atoms with Gasteiger partial charge in [0.15, 0.2) is 0 Å². The predicted molar refractivity (Wildman–Crippen MR) is 39.3 cm³/mol. The van der Waals surface area contributed by atoms with Crippen LogP contribution in [0.1, 0.15) is 12.5 Å². The third kappa shape index (κ3) is 1.38. The van der Waals surface area contributed by atoms with Gasteiger partial charge in [-0.05, 0) is 12.0 Å². The molecule has 1 aromatic rings. The molecule has 0 N–H and O–H groups in total. The van der Waals surface area contributed by atoms with Crippen molar-refractivity contribution in [1.82, 2.24) is 9.78 Å². The van der Waals surface area contributed by atoms with Crippen molar-refractivity contribution in [2.45, 2.75) is 19.9 Å². The average Bonchev–Trinajstić information content (AvgIpc) is 2.37. The lowest BCUT2D eigenvalue weighted by Crippen LogP contribution is -1.94. The number of hydrogen-bond donors (Lipinski definition) is 0. The highest BCUT2D eigenvalue weighted by atomic mass is 15.3. The maximum Gasteiger partial charge on any atom is 0.116 e. The van der Waals surface area contributed by atoms with Gasteiger partial charge < -0.3 is 0 Å². The molecule has 0 aromatic carbocycles. The van der Waals surface area contributed by atoms with E-state index in [0.29, 0.717) is 6.54 Å². The van der Waals surface area contributed by atoms with Crippen molar-refractivity contribution in [2.75, 3.05) is 0 Å². The molecule has 1 rings (SSSR count). The molecule has 0 spiro atoms.